The van der Waals surface area contributed by atoms with E-state index in [4.69, 9.17) is 0 Å². The molecule has 5 heteroatoms. The average molecular weight is 263 g/mol. The van der Waals surface area contributed by atoms with Crippen molar-refractivity contribution in [3.63, 3.8) is 0 Å². The number of halogens is 1. The van der Waals surface area contributed by atoms with Crippen molar-refractivity contribution in [1.29, 1.82) is 0 Å². The Balaban J connectivity index is 0.00000162. The van der Waals surface area contributed by atoms with Crippen LogP contribution in [0.25, 0.3) is 12.2 Å². The summed E-state index contributed by atoms with van der Waals surface area (Å²) in [4.78, 5) is 14.2. The predicted octanol–water partition coefficient (Wildman–Crippen LogP) is 3.58. The SMILES string of the molecule is Cl.O=[N+]([O-])c1ccc(C=Cc2ccccn2)cc1. The molecule has 1 aromatic carbocycles. The van der Waals surface area contributed by atoms with Crippen LogP contribution in [0.15, 0.2) is 48.7 Å². The normalized spacial score (nSPS) is 10.0. The van der Waals surface area contributed by atoms with E-state index in [9.17, 15) is 10.1 Å². The van der Waals surface area contributed by atoms with Crippen LogP contribution >= 0.6 is 12.4 Å². The number of hydrogen-bond acceptors (Lipinski definition) is 3. The summed E-state index contributed by atoms with van der Waals surface area (Å²) in [5.41, 5.74) is 1.85. The van der Waals surface area contributed by atoms with E-state index >= 15 is 0 Å². The van der Waals surface area contributed by atoms with Gasteiger partial charge in [0.1, 0.15) is 0 Å². The van der Waals surface area contributed by atoms with Gasteiger partial charge in [-0.2, -0.15) is 0 Å². The van der Waals surface area contributed by atoms with Crippen LogP contribution in [0.3, 0.4) is 0 Å². The van der Waals surface area contributed by atoms with Gasteiger partial charge in [0.2, 0.25) is 0 Å². The zero-order valence-corrected chi connectivity index (χ0v) is 10.2. The Morgan fingerprint density at radius 2 is 1.78 bits per heavy atom. The summed E-state index contributed by atoms with van der Waals surface area (Å²) >= 11 is 0. The van der Waals surface area contributed by atoms with E-state index in [2.05, 4.69) is 4.98 Å². The molecule has 1 heterocycles. The van der Waals surface area contributed by atoms with Crippen LogP contribution in [-0.4, -0.2) is 9.91 Å². The number of nitro groups is 1. The number of nitrogens with zero attached hydrogens (tertiary/aromatic N) is 2. The van der Waals surface area contributed by atoms with Gasteiger partial charge < -0.3 is 0 Å². The Hall–Kier alpha value is -2.20. The van der Waals surface area contributed by atoms with Gasteiger partial charge in [-0.3, -0.25) is 15.1 Å². The third-order valence-corrected chi connectivity index (χ3v) is 2.24. The molecule has 0 amide bonds. The van der Waals surface area contributed by atoms with Crippen LogP contribution in [0.1, 0.15) is 11.3 Å². The lowest BCUT2D eigenvalue weighted by Crippen LogP contribution is -1.86. The van der Waals surface area contributed by atoms with Crippen LogP contribution in [0.5, 0.6) is 0 Å². The molecule has 0 fully saturated rings. The zero-order valence-electron chi connectivity index (χ0n) is 9.39. The maximum Gasteiger partial charge on any atom is 0.269 e. The quantitative estimate of drug-likeness (QED) is 0.627. The van der Waals surface area contributed by atoms with Crippen LogP contribution in [0.4, 0.5) is 5.69 Å². The minimum Gasteiger partial charge on any atom is -0.258 e. The van der Waals surface area contributed by atoms with E-state index in [1.165, 1.54) is 12.1 Å². The summed E-state index contributed by atoms with van der Waals surface area (Å²) in [6.07, 6.45) is 5.45. The second-order valence-corrected chi connectivity index (χ2v) is 3.44. The van der Waals surface area contributed by atoms with E-state index in [1.807, 2.05) is 30.4 Å². The lowest BCUT2D eigenvalue weighted by Gasteiger charge is -1.94. The number of hydrogen-bond donors (Lipinski definition) is 0. The Kier molecular flexibility index (Phi) is 5.02. The summed E-state index contributed by atoms with van der Waals surface area (Å²) in [7, 11) is 0. The van der Waals surface area contributed by atoms with Crippen LogP contribution < -0.4 is 0 Å². The first-order valence-corrected chi connectivity index (χ1v) is 5.09. The predicted molar refractivity (Wildman–Crippen MR) is 73.5 cm³/mol. The highest BCUT2D eigenvalue weighted by atomic mass is 35.5. The van der Waals surface area contributed by atoms with Gasteiger partial charge in [-0.15, -0.1) is 12.4 Å². The number of aromatic nitrogens is 1. The molecule has 0 atom stereocenters. The molecule has 0 bridgehead atoms. The summed E-state index contributed by atoms with van der Waals surface area (Å²) in [6, 6.07) is 12.0. The number of nitro benzene ring substituents is 1. The molecule has 1 aromatic heterocycles. The standard InChI is InChI=1S/C13H10N2O2.ClH/c16-15(17)13-8-5-11(6-9-13)4-7-12-3-1-2-10-14-12;/h1-10H;1H. The first kappa shape index (κ1) is 13.9. The highest BCUT2D eigenvalue weighted by Crippen LogP contribution is 2.13. The van der Waals surface area contributed by atoms with Gasteiger partial charge in [-0.25, -0.2) is 0 Å². The molecule has 0 radical (unpaired) electrons. The van der Waals surface area contributed by atoms with Gasteiger partial charge in [0.05, 0.1) is 10.6 Å². The molecule has 0 aliphatic heterocycles. The molecule has 18 heavy (non-hydrogen) atoms. The second kappa shape index (κ2) is 6.51. The van der Waals surface area contributed by atoms with Crippen molar-refractivity contribution in [2.24, 2.45) is 0 Å². The van der Waals surface area contributed by atoms with Gasteiger partial charge >= 0.3 is 0 Å². The van der Waals surface area contributed by atoms with E-state index in [-0.39, 0.29) is 18.1 Å². The smallest absolute Gasteiger partial charge is 0.258 e. The summed E-state index contributed by atoms with van der Waals surface area (Å²) in [6.45, 7) is 0. The van der Waals surface area contributed by atoms with Crippen molar-refractivity contribution in [3.05, 3.63) is 70.0 Å². The molecular weight excluding hydrogens is 252 g/mol. The maximum atomic E-state index is 10.5. The number of rotatable bonds is 3. The average Bonchev–Trinajstić information content (AvgIpc) is 2.38. The minimum atomic E-state index is -0.410. The Morgan fingerprint density at radius 3 is 2.33 bits per heavy atom. The highest BCUT2D eigenvalue weighted by Gasteiger charge is 2.01. The van der Waals surface area contributed by atoms with Crippen LogP contribution in [-0.2, 0) is 0 Å². The van der Waals surface area contributed by atoms with Crippen molar-refractivity contribution in [2.75, 3.05) is 0 Å². The fourth-order valence-corrected chi connectivity index (χ4v) is 1.36. The molecule has 0 unspecified atom stereocenters. The molecule has 0 saturated heterocycles. The largest absolute Gasteiger partial charge is 0.269 e. The summed E-state index contributed by atoms with van der Waals surface area (Å²) in [5.74, 6) is 0. The van der Waals surface area contributed by atoms with Gasteiger partial charge in [-0.1, -0.05) is 12.1 Å². The Morgan fingerprint density at radius 1 is 1.06 bits per heavy atom. The van der Waals surface area contributed by atoms with Crippen LogP contribution in [0.2, 0.25) is 0 Å². The molecule has 2 aromatic rings. The molecule has 0 aliphatic carbocycles. The van der Waals surface area contributed by atoms with Gasteiger partial charge in [0.15, 0.2) is 0 Å². The molecule has 4 nitrogen and oxygen atoms in total. The van der Waals surface area contributed by atoms with Crippen LogP contribution in [0, 0.1) is 10.1 Å². The lowest BCUT2D eigenvalue weighted by molar-refractivity contribution is -0.384. The van der Waals surface area contributed by atoms with Crippen molar-refractivity contribution in [3.8, 4) is 0 Å². The monoisotopic (exact) mass is 262 g/mol. The minimum absolute atomic E-state index is 0. The Bertz CT molecular complexity index is 539. The van der Waals surface area contributed by atoms with E-state index in [1.54, 1.807) is 18.3 Å². The molecule has 92 valence electrons. The third kappa shape index (κ3) is 3.68. The maximum absolute atomic E-state index is 10.5. The molecular formula is C13H11ClN2O2. The molecule has 0 N–H and O–H groups in total. The molecule has 2 rings (SSSR count). The van der Waals surface area contributed by atoms with E-state index < -0.39 is 4.92 Å². The number of non-ortho nitro benzene ring substituents is 1. The van der Waals surface area contributed by atoms with Gasteiger partial charge in [0.25, 0.3) is 5.69 Å². The van der Waals surface area contributed by atoms with Gasteiger partial charge in [-0.05, 0) is 35.9 Å². The number of benzene rings is 1. The van der Waals surface area contributed by atoms with E-state index in [0.29, 0.717) is 0 Å². The summed E-state index contributed by atoms with van der Waals surface area (Å²) in [5, 5.41) is 10.5. The number of pyridine rings is 1. The van der Waals surface area contributed by atoms with Crippen molar-refractivity contribution in [1.82, 2.24) is 4.98 Å². The third-order valence-electron chi connectivity index (χ3n) is 2.24. The molecule has 0 spiro atoms. The van der Waals surface area contributed by atoms with Crippen molar-refractivity contribution < 1.29 is 4.92 Å². The highest BCUT2D eigenvalue weighted by molar-refractivity contribution is 5.85. The topological polar surface area (TPSA) is 56.0 Å². The molecule has 0 saturated carbocycles. The van der Waals surface area contributed by atoms with E-state index in [0.717, 1.165) is 11.3 Å². The fraction of sp³-hybridized carbons (Fsp3) is 0. The lowest BCUT2D eigenvalue weighted by atomic mass is 10.2. The Labute approximate surface area is 111 Å². The van der Waals surface area contributed by atoms with Gasteiger partial charge in [0, 0.05) is 18.3 Å². The zero-order chi connectivity index (χ0) is 12.1. The summed E-state index contributed by atoms with van der Waals surface area (Å²) < 4.78 is 0. The second-order valence-electron chi connectivity index (χ2n) is 3.44. The van der Waals surface area contributed by atoms with Crippen molar-refractivity contribution in [2.45, 2.75) is 0 Å². The fourth-order valence-electron chi connectivity index (χ4n) is 1.36. The first-order chi connectivity index (χ1) is 8.25. The van der Waals surface area contributed by atoms with Crippen molar-refractivity contribution >= 4 is 30.2 Å². The first-order valence-electron chi connectivity index (χ1n) is 5.09. The molecule has 0 aliphatic rings.